The van der Waals surface area contributed by atoms with E-state index in [0.29, 0.717) is 11.8 Å². The fraction of sp³-hybridized carbons (Fsp3) is 0.923. The predicted octanol–water partition coefficient (Wildman–Crippen LogP) is 2.58. The van der Waals surface area contributed by atoms with Crippen LogP contribution in [0.4, 0.5) is 0 Å². The summed E-state index contributed by atoms with van der Waals surface area (Å²) in [7, 11) is 1.45. The van der Waals surface area contributed by atoms with Gasteiger partial charge in [0.25, 0.3) is 0 Å². The maximum atomic E-state index is 12.0. The van der Waals surface area contributed by atoms with Crippen LogP contribution in [-0.4, -0.2) is 25.2 Å². The minimum Gasteiger partial charge on any atom is -0.467 e. The maximum Gasteiger partial charge on any atom is 0.336 e. The average Bonchev–Trinajstić information content (AvgIpc) is 2.90. The zero-order valence-corrected chi connectivity index (χ0v) is 10.6. The smallest absolute Gasteiger partial charge is 0.336 e. The largest absolute Gasteiger partial charge is 0.467 e. The summed E-state index contributed by atoms with van der Waals surface area (Å²) in [5, 5.41) is 8.46. The van der Waals surface area contributed by atoms with Crippen molar-refractivity contribution in [2.24, 2.45) is 27.5 Å². The number of carbonyl (C=O) groups is 1. The monoisotopic (exact) mass is 236 g/mol. The highest BCUT2D eigenvalue weighted by Crippen LogP contribution is 2.72. The Morgan fingerprint density at radius 2 is 1.88 bits per heavy atom. The molecule has 3 rings (SSSR count). The molecule has 0 N–H and O–H groups in total. The van der Waals surface area contributed by atoms with Gasteiger partial charge in [0.15, 0.2) is 5.54 Å². The van der Waals surface area contributed by atoms with Crippen molar-refractivity contribution < 1.29 is 9.53 Å². The van der Waals surface area contributed by atoms with Crippen LogP contribution in [0.2, 0.25) is 0 Å². The molecule has 17 heavy (non-hydrogen) atoms. The fourth-order valence-electron chi connectivity index (χ4n) is 4.35. The first-order valence-corrected chi connectivity index (χ1v) is 6.64. The second-order valence-electron chi connectivity index (χ2n) is 5.85. The molecule has 4 heteroatoms. The molecule has 3 unspecified atom stereocenters. The third-order valence-corrected chi connectivity index (χ3v) is 5.32. The van der Waals surface area contributed by atoms with E-state index in [-0.39, 0.29) is 11.4 Å². The molecule has 0 aromatic heterocycles. The summed E-state index contributed by atoms with van der Waals surface area (Å²) in [6.07, 6.45) is 6.40. The molecule has 2 aliphatic carbocycles. The number of carbonyl (C=O) groups excluding carboxylic acids is 1. The van der Waals surface area contributed by atoms with Gasteiger partial charge < -0.3 is 4.74 Å². The van der Waals surface area contributed by atoms with Gasteiger partial charge in [-0.05, 0) is 31.6 Å². The van der Waals surface area contributed by atoms with Gasteiger partial charge in [0.1, 0.15) is 0 Å². The van der Waals surface area contributed by atoms with Gasteiger partial charge in [-0.25, -0.2) is 4.79 Å². The number of esters is 1. The molecule has 4 nitrogen and oxygen atoms in total. The number of methoxy groups -OCH3 is 1. The van der Waals surface area contributed by atoms with E-state index in [0.717, 1.165) is 6.54 Å². The first kappa shape index (κ1) is 11.2. The van der Waals surface area contributed by atoms with Gasteiger partial charge in [-0.1, -0.05) is 19.3 Å². The summed E-state index contributed by atoms with van der Waals surface area (Å²) in [6, 6.07) is 0. The van der Waals surface area contributed by atoms with Crippen LogP contribution in [0.5, 0.6) is 0 Å². The molecule has 0 bridgehead atoms. The molecule has 1 spiro atoms. The lowest BCUT2D eigenvalue weighted by Crippen LogP contribution is -2.44. The van der Waals surface area contributed by atoms with E-state index in [1.807, 2.05) is 6.92 Å². The lowest BCUT2D eigenvalue weighted by molar-refractivity contribution is -0.148. The molecule has 0 amide bonds. The topological polar surface area (TPSA) is 51.0 Å². The molecule has 1 aliphatic heterocycles. The zero-order chi connectivity index (χ0) is 12.1. The Kier molecular flexibility index (Phi) is 2.32. The lowest BCUT2D eigenvalue weighted by atomic mass is 9.79. The van der Waals surface area contributed by atoms with Gasteiger partial charge in [0.2, 0.25) is 0 Å². The summed E-state index contributed by atoms with van der Waals surface area (Å²) in [4.78, 5) is 12.0. The van der Waals surface area contributed by atoms with Gasteiger partial charge in [0, 0.05) is 5.41 Å². The van der Waals surface area contributed by atoms with Gasteiger partial charge >= 0.3 is 5.97 Å². The van der Waals surface area contributed by atoms with Crippen molar-refractivity contribution in [1.82, 2.24) is 0 Å². The van der Waals surface area contributed by atoms with Crippen molar-refractivity contribution in [2.45, 2.75) is 44.6 Å². The van der Waals surface area contributed by atoms with Crippen molar-refractivity contribution in [3.05, 3.63) is 0 Å². The van der Waals surface area contributed by atoms with Crippen LogP contribution in [0.3, 0.4) is 0 Å². The first-order valence-electron chi connectivity index (χ1n) is 6.64. The van der Waals surface area contributed by atoms with E-state index in [2.05, 4.69) is 10.2 Å². The third-order valence-electron chi connectivity index (χ3n) is 5.32. The number of hydrogen-bond acceptors (Lipinski definition) is 4. The molecule has 3 aliphatic rings. The number of nitrogens with zero attached hydrogens (tertiary/aromatic N) is 2. The van der Waals surface area contributed by atoms with Gasteiger partial charge in [-0.3, -0.25) is 0 Å². The van der Waals surface area contributed by atoms with Crippen molar-refractivity contribution in [3.8, 4) is 0 Å². The van der Waals surface area contributed by atoms with Gasteiger partial charge in [-0.15, -0.1) is 0 Å². The Morgan fingerprint density at radius 3 is 2.47 bits per heavy atom. The molecular weight excluding hydrogens is 216 g/mol. The lowest BCUT2D eigenvalue weighted by Gasteiger charge is -2.27. The van der Waals surface area contributed by atoms with Crippen molar-refractivity contribution in [2.75, 3.05) is 13.7 Å². The number of ether oxygens (including phenoxy) is 1. The van der Waals surface area contributed by atoms with Gasteiger partial charge in [-0.2, -0.15) is 10.2 Å². The van der Waals surface area contributed by atoms with Crippen LogP contribution < -0.4 is 0 Å². The summed E-state index contributed by atoms with van der Waals surface area (Å²) in [5.74, 6) is 1.08. The molecule has 3 atom stereocenters. The van der Waals surface area contributed by atoms with Crippen LogP contribution in [0, 0.1) is 17.3 Å². The minimum absolute atomic E-state index is 0.000509. The highest BCUT2D eigenvalue weighted by molar-refractivity contribution is 5.83. The molecule has 0 saturated heterocycles. The molecule has 2 fully saturated rings. The molecule has 2 saturated carbocycles. The summed E-state index contributed by atoms with van der Waals surface area (Å²) in [6.45, 7) is 2.65. The summed E-state index contributed by atoms with van der Waals surface area (Å²) in [5.41, 5.74) is -0.713. The minimum atomic E-state index is -0.714. The van der Waals surface area contributed by atoms with Crippen molar-refractivity contribution in [3.63, 3.8) is 0 Å². The zero-order valence-electron chi connectivity index (χ0n) is 10.6. The Balaban J connectivity index is 1.91. The first-order chi connectivity index (χ1) is 8.17. The second kappa shape index (κ2) is 3.53. The second-order valence-corrected chi connectivity index (χ2v) is 5.85. The van der Waals surface area contributed by atoms with Crippen molar-refractivity contribution in [1.29, 1.82) is 0 Å². The average molecular weight is 236 g/mol. The van der Waals surface area contributed by atoms with Crippen LogP contribution in [-0.2, 0) is 9.53 Å². The number of fused-ring (bicyclic) bond motifs is 3. The fourth-order valence-corrected chi connectivity index (χ4v) is 4.35. The maximum absolute atomic E-state index is 12.0. The summed E-state index contributed by atoms with van der Waals surface area (Å²) < 4.78 is 4.96. The van der Waals surface area contributed by atoms with Crippen molar-refractivity contribution >= 4 is 5.97 Å². The Labute approximate surface area is 102 Å². The van der Waals surface area contributed by atoms with E-state index in [1.54, 1.807) is 0 Å². The SMILES string of the molecule is COC(=O)C1(C)N=NCC12C1CCCCCC12. The normalized spacial score (nSPS) is 47.6. The highest BCUT2D eigenvalue weighted by atomic mass is 16.5. The molecular formula is C13H20N2O2. The molecule has 0 aromatic rings. The highest BCUT2D eigenvalue weighted by Gasteiger charge is 2.76. The van der Waals surface area contributed by atoms with Crippen LogP contribution in [0.25, 0.3) is 0 Å². The Bertz CT molecular complexity index is 368. The van der Waals surface area contributed by atoms with Gasteiger partial charge in [0.05, 0.1) is 13.7 Å². The molecule has 0 aromatic carbocycles. The number of rotatable bonds is 1. The predicted molar refractivity (Wildman–Crippen MR) is 62.6 cm³/mol. The van der Waals surface area contributed by atoms with E-state index >= 15 is 0 Å². The Hall–Kier alpha value is -0.930. The number of azo groups is 1. The molecule has 0 radical (unpaired) electrons. The van der Waals surface area contributed by atoms with E-state index in [4.69, 9.17) is 4.74 Å². The third kappa shape index (κ3) is 1.21. The van der Waals surface area contributed by atoms with Crippen LogP contribution in [0.1, 0.15) is 39.0 Å². The van der Waals surface area contributed by atoms with Crippen LogP contribution in [0.15, 0.2) is 10.2 Å². The Morgan fingerprint density at radius 1 is 1.24 bits per heavy atom. The van der Waals surface area contributed by atoms with Crippen LogP contribution >= 0.6 is 0 Å². The van der Waals surface area contributed by atoms with E-state index < -0.39 is 5.54 Å². The van der Waals surface area contributed by atoms with E-state index in [1.165, 1.54) is 39.2 Å². The van der Waals surface area contributed by atoms with E-state index in [9.17, 15) is 4.79 Å². The molecule has 1 heterocycles. The quantitative estimate of drug-likeness (QED) is 0.657. The number of hydrogen-bond donors (Lipinski definition) is 0. The summed E-state index contributed by atoms with van der Waals surface area (Å²) >= 11 is 0. The molecule has 94 valence electrons. The standard InChI is InChI=1S/C13H20N2O2/c1-12(11(16)17-2)13(8-14-15-12)9-6-4-3-5-7-10(9)13/h9-10H,3-8H2,1-2H3.